The Morgan fingerprint density at radius 2 is 1.55 bits per heavy atom. The highest BCUT2D eigenvalue weighted by Gasteiger charge is 2.47. The average molecular weight is 609 g/mol. The summed E-state index contributed by atoms with van der Waals surface area (Å²) in [6.07, 6.45) is 1.77. The molecule has 0 spiro atoms. The number of nitrogens with two attached hydrogens (primary N) is 1. The average Bonchev–Trinajstić information content (AvgIpc) is 3.47. The maximum absolute atomic E-state index is 14.5. The van der Waals surface area contributed by atoms with Crippen LogP contribution in [0.4, 0.5) is 5.69 Å². The van der Waals surface area contributed by atoms with Crippen molar-refractivity contribution >= 4 is 48.5 Å². The third-order valence-corrected chi connectivity index (χ3v) is 11.1. The Balaban J connectivity index is 1.57. The van der Waals surface area contributed by atoms with E-state index in [1.807, 2.05) is 50.4 Å². The summed E-state index contributed by atoms with van der Waals surface area (Å²) in [6, 6.07) is 13.3. The fourth-order valence-corrected chi connectivity index (χ4v) is 8.27. The van der Waals surface area contributed by atoms with Crippen molar-refractivity contribution < 1.29 is 26.4 Å². The van der Waals surface area contributed by atoms with E-state index in [0.29, 0.717) is 17.5 Å². The molecule has 4 aromatic rings. The summed E-state index contributed by atoms with van der Waals surface area (Å²) >= 11 is 0. The molecule has 3 aromatic carbocycles. The molecule has 2 amide bonds. The number of sulfonamides is 2. The lowest BCUT2D eigenvalue weighted by molar-refractivity contribution is -0.122. The fourth-order valence-electron chi connectivity index (χ4n) is 5.59. The van der Waals surface area contributed by atoms with Crippen LogP contribution >= 0.6 is 0 Å². The Morgan fingerprint density at radius 3 is 2.17 bits per heavy atom. The Labute approximate surface area is 245 Å². The van der Waals surface area contributed by atoms with Gasteiger partial charge in [0.05, 0.1) is 21.9 Å². The lowest BCUT2D eigenvalue weighted by atomic mass is 10.0. The van der Waals surface area contributed by atoms with Crippen LogP contribution in [0, 0.1) is 27.7 Å². The number of fused-ring (bicyclic) bond motifs is 1. The zero-order valence-corrected chi connectivity index (χ0v) is 25.3. The van der Waals surface area contributed by atoms with Crippen LogP contribution in [0.5, 0.6) is 0 Å². The van der Waals surface area contributed by atoms with Gasteiger partial charge in [-0.25, -0.2) is 26.9 Å². The fraction of sp³-hybridized carbons (Fsp3) is 0.267. The van der Waals surface area contributed by atoms with Gasteiger partial charge in [-0.15, -0.1) is 0 Å². The molecule has 220 valence electrons. The van der Waals surface area contributed by atoms with Gasteiger partial charge in [-0.1, -0.05) is 24.3 Å². The molecule has 1 atom stereocenters. The molecule has 10 nitrogen and oxygen atoms in total. The van der Waals surface area contributed by atoms with Crippen molar-refractivity contribution in [2.75, 3.05) is 11.4 Å². The number of anilines is 1. The van der Waals surface area contributed by atoms with E-state index in [9.17, 15) is 26.4 Å². The summed E-state index contributed by atoms with van der Waals surface area (Å²) in [6.45, 7) is 7.13. The summed E-state index contributed by atoms with van der Waals surface area (Å²) < 4.78 is 53.5. The quantitative estimate of drug-likeness (QED) is 0.292. The van der Waals surface area contributed by atoms with Crippen molar-refractivity contribution in [3.8, 4) is 0 Å². The summed E-state index contributed by atoms with van der Waals surface area (Å²) in [5.74, 6) is -1.29. The summed E-state index contributed by atoms with van der Waals surface area (Å²) in [4.78, 5) is 31.1. The largest absolute Gasteiger partial charge is 0.361 e. The number of nitrogens with zero attached hydrogens (tertiary/aromatic N) is 2. The van der Waals surface area contributed by atoms with E-state index in [-0.39, 0.29) is 28.4 Å². The van der Waals surface area contributed by atoms with Crippen LogP contribution in [-0.4, -0.2) is 50.5 Å². The first-order valence-electron chi connectivity index (χ1n) is 13.4. The van der Waals surface area contributed by atoms with Gasteiger partial charge >= 0.3 is 0 Å². The highest BCUT2D eigenvalue weighted by atomic mass is 32.2. The summed E-state index contributed by atoms with van der Waals surface area (Å²) in [7, 11) is -8.24. The minimum absolute atomic E-state index is 0.0437. The van der Waals surface area contributed by atoms with Crippen LogP contribution in [-0.2, 0) is 36.1 Å². The van der Waals surface area contributed by atoms with Crippen molar-refractivity contribution in [3.05, 3.63) is 88.6 Å². The van der Waals surface area contributed by atoms with Crippen molar-refractivity contribution in [3.63, 3.8) is 0 Å². The van der Waals surface area contributed by atoms with Crippen LogP contribution < -0.4 is 10.0 Å². The Bertz CT molecular complexity index is 1920. The van der Waals surface area contributed by atoms with E-state index in [4.69, 9.17) is 5.14 Å². The van der Waals surface area contributed by atoms with E-state index in [1.54, 1.807) is 13.8 Å². The van der Waals surface area contributed by atoms with Crippen molar-refractivity contribution in [1.29, 1.82) is 0 Å². The third-order valence-electron chi connectivity index (χ3n) is 8.03. The van der Waals surface area contributed by atoms with Crippen molar-refractivity contribution in [1.82, 2.24) is 9.29 Å². The number of aromatic amines is 1. The molecule has 2 heterocycles. The molecular weight excluding hydrogens is 576 g/mol. The van der Waals surface area contributed by atoms with Gasteiger partial charge in [0.1, 0.15) is 6.04 Å². The molecule has 12 heteroatoms. The number of hydrogen-bond acceptors (Lipinski definition) is 6. The number of H-pyrrole nitrogens is 1. The molecule has 0 radical (unpaired) electrons. The molecule has 1 aromatic heterocycles. The predicted octanol–water partition coefficient (Wildman–Crippen LogP) is 3.61. The highest BCUT2D eigenvalue weighted by molar-refractivity contribution is 7.89. The van der Waals surface area contributed by atoms with Gasteiger partial charge in [-0.3, -0.25) is 9.59 Å². The minimum atomic E-state index is -4.26. The summed E-state index contributed by atoms with van der Waals surface area (Å²) in [5.41, 5.74) is 4.70. The molecule has 5 rings (SSSR count). The number of benzene rings is 3. The third kappa shape index (κ3) is 5.15. The van der Waals surface area contributed by atoms with Crippen LogP contribution in [0.2, 0.25) is 0 Å². The molecule has 1 aliphatic heterocycles. The SMILES string of the molecule is Cc1cc(C)c(C)c(S(=O)(=O)N(CCc2c[nH]c3ccccc23)C2CC(=O)N(c3ccc(S(N)(=O)=O)cc3)C2=O)c1C. The Hall–Kier alpha value is -3.84. The second-order valence-corrected chi connectivity index (χ2v) is 14.0. The highest BCUT2D eigenvalue weighted by Crippen LogP contribution is 2.34. The van der Waals surface area contributed by atoms with Crippen molar-refractivity contribution in [2.24, 2.45) is 5.14 Å². The number of hydrogen-bond donors (Lipinski definition) is 2. The first-order valence-corrected chi connectivity index (χ1v) is 16.3. The van der Waals surface area contributed by atoms with Crippen LogP contribution in [0.3, 0.4) is 0 Å². The minimum Gasteiger partial charge on any atom is -0.361 e. The van der Waals surface area contributed by atoms with Crippen molar-refractivity contribution in [2.45, 2.75) is 56.4 Å². The smallest absolute Gasteiger partial charge is 0.252 e. The molecule has 0 aliphatic carbocycles. The van der Waals surface area contributed by atoms with E-state index in [2.05, 4.69) is 4.98 Å². The molecule has 1 unspecified atom stereocenters. The van der Waals surface area contributed by atoms with Crippen LogP contribution in [0.15, 0.2) is 70.6 Å². The number of aryl methyl sites for hydroxylation is 2. The number of rotatable bonds is 8. The number of aromatic nitrogens is 1. The topological polar surface area (TPSA) is 151 Å². The molecule has 0 saturated carbocycles. The molecule has 1 fully saturated rings. The molecular formula is C30H32N4O6S2. The normalized spacial score (nSPS) is 16.2. The summed E-state index contributed by atoms with van der Waals surface area (Å²) in [5, 5.41) is 6.13. The number of amides is 2. The molecule has 0 bridgehead atoms. The number of imide groups is 1. The number of para-hydroxylation sites is 1. The number of carbonyl (C=O) groups is 2. The Morgan fingerprint density at radius 1 is 0.929 bits per heavy atom. The van der Waals surface area contributed by atoms with Gasteiger partial charge in [0, 0.05) is 23.6 Å². The maximum Gasteiger partial charge on any atom is 0.252 e. The predicted molar refractivity (Wildman–Crippen MR) is 160 cm³/mol. The van der Waals surface area contributed by atoms with Gasteiger partial charge in [-0.05, 0) is 92.3 Å². The second kappa shape index (κ2) is 10.8. The monoisotopic (exact) mass is 608 g/mol. The molecule has 42 heavy (non-hydrogen) atoms. The van der Waals surface area contributed by atoms with E-state index < -0.39 is 37.9 Å². The molecule has 1 saturated heterocycles. The lowest BCUT2D eigenvalue weighted by Gasteiger charge is -2.29. The number of nitrogens with one attached hydrogen (secondary N) is 1. The maximum atomic E-state index is 14.5. The number of carbonyl (C=O) groups excluding carboxylic acids is 2. The van der Waals surface area contributed by atoms with Gasteiger partial charge in [0.2, 0.25) is 26.0 Å². The lowest BCUT2D eigenvalue weighted by Crippen LogP contribution is -2.46. The van der Waals surface area contributed by atoms with E-state index in [0.717, 1.165) is 36.8 Å². The first-order chi connectivity index (χ1) is 19.7. The first kappa shape index (κ1) is 29.6. The zero-order chi connectivity index (χ0) is 30.6. The standard InChI is InChI=1S/C30H32N4O6S2/c1-18-15-19(2)21(4)29(20(18)3)42(39,40)33(14-13-22-17-32-26-8-6-5-7-25(22)26)27-16-28(35)34(30(27)36)23-9-11-24(12-10-23)41(31,37)38/h5-12,15,17,27,32H,13-14,16H2,1-4H3,(H2,31,37,38). The molecule has 3 N–H and O–H groups in total. The van der Waals surface area contributed by atoms with Crippen LogP contribution in [0.25, 0.3) is 10.9 Å². The second-order valence-electron chi connectivity index (χ2n) is 10.6. The van der Waals surface area contributed by atoms with Gasteiger partial charge in [-0.2, -0.15) is 4.31 Å². The number of primary sulfonamides is 1. The van der Waals surface area contributed by atoms with E-state index in [1.165, 1.54) is 24.3 Å². The molecule has 1 aliphatic rings. The zero-order valence-electron chi connectivity index (χ0n) is 23.7. The Kier molecular flexibility index (Phi) is 7.60. The van der Waals surface area contributed by atoms with Gasteiger partial charge < -0.3 is 4.98 Å². The van der Waals surface area contributed by atoms with Crippen LogP contribution in [0.1, 0.15) is 34.2 Å². The van der Waals surface area contributed by atoms with E-state index >= 15 is 0 Å². The van der Waals surface area contributed by atoms with Gasteiger partial charge in [0.25, 0.3) is 5.91 Å². The van der Waals surface area contributed by atoms with Gasteiger partial charge in [0.15, 0.2) is 0 Å².